The molecular weight excluding hydrogens is 226 g/mol. The topological polar surface area (TPSA) is 26.3 Å². The zero-order valence-corrected chi connectivity index (χ0v) is 10.0. The van der Waals surface area contributed by atoms with Gasteiger partial charge >= 0.3 is 5.97 Å². The molecule has 1 unspecified atom stereocenters. The van der Waals surface area contributed by atoms with Gasteiger partial charge in [0.05, 0.1) is 7.11 Å². The minimum atomic E-state index is -1.05. The molecule has 4 heteroatoms. The Hall–Kier alpha value is -1.45. The fraction of sp³-hybridized carbons (Fsp3) is 0.462. The zero-order valence-electron chi connectivity index (χ0n) is 10.0. The summed E-state index contributed by atoms with van der Waals surface area (Å²) in [5.41, 5.74) is -1.36. The number of methoxy groups -OCH3 is 1. The highest BCUT2D eigenvalue weighted by molar-refractivity contribution is 5.88. The second kappa shape index (κ2) is 3.52. The highest BCUT2D eigenvalue weighted by atomic mass is 19.1. The van der Waals surface area contributed by atoms with Crippen molar-refractivity contribution in [2.75, 3.05) is 7.11 Å². The van der Waals surface area contributed by atoms with Gasteiger partial charge in [-0.25, -0.2) is 8.78 Å². The van der Waals surface area contributed by atoms with Gasteiger partial charge in [0.1, 0.15) is 17.0 Å². The van der Waals surface area contributed by atoms with E-state index < -0.39 is 28.4 Å². The Labute approximate surface area is 98.6 Å². The number of benzene rings is 1. The average molecular weight is 240 g/mol. The molecule has 0 spiro atoms. The molecule has 0 aromatic heterocycles. The summed E-state index contributed by atoms with van der Waals surface area (Å²) in [5, 5.41) is 0. The lowest BCUT2D eigenvalue weighted by molar-refractivity contribution is -0.144. The van der Waals surface area contributed by atoms with Gasteiger partial charge < -0.3 is 4.74 Å². The van der Waals surface area contributed by atoms with E-state index in [1.54, 1.807) is 0 Å². The largest absolute Gasteiger partial charge is 0.468 e. The number of carbonyl (C=O) groups is 1. The van der Waals surface area contributed by atoms with Crippen LogP contribution in [0.1, 0.15) is 25.8 Å². The van der Waals surface area contributed by atoms with Gasteiger partial charge in [0, 0.05) is 5.56 Å². The molecular formula is C13H14F2O2. The summed E-state index contributed by atoms with van der Waals surface area (Å²) in [4.78, 5) is 11.9. The monoisotopic (exact) mass is 240 g/mol. The molecule has 0 N–H and O–H groups in total. The Morgan fingerprint density at radius 3 is 2.41 bits per heavy atom. The first-order valence-corrected chi connectivity index (χ1v) is 5.39. The van der Waals surface area contributed by atoms with Crippen LogP contribution in [0.4, 0.5) is 8.78 Å². The zero-order chi connectivity index (χ0) is 12.8. The van der Waals surface area contributed by atoms with Crippen LogP contribution in [-0.4, -0.2) is 13.1 Å². The van der Waals surface area contributed by atoms with Crippen LogP contribution in [0.15, 0.2) is 18.2 Å². The van der Waals surface area contributed by atoms with Gasteiger partial charge in [-0.3, -0.25) is 4.79 Å². The number of carbonyl (C=O) groups excluding carboxylic acids is 1. The number of halogens is 2. The van der Waals surface area contributed by atoms with E-state index >= 15 is 0 Å². The van der Waals surface area contributed by atoms with Crippen LogP contribution in [0.25, 0.3) is 0 Å². The van der Waals surface area contributed by atoms with Gasteiger partial charge in [-0.1, -0.05) is 13.8 Å². The highest BCUT2D eigenvalue weighted by Crippen LogP contribution is 2.65. The summed E-state index contributed by atoms with van der Waals surface area (Å²) in [5.74, 6) is -1.62. The van der Waals surface area contributed by atoms with E-state index in [9.17, 15) is 13.6 Å². The van der Waals surface area contributed by atoms with Crippen molar-refractivity contribution in [3.63, 3.8) is 0 Å². The van der Waals surface area contributed by atoms with Crippen LogP contribution in [0.2, 0.25) is 0 Å². The Kier molecular flexibility index (Phi) is 2.49. The predicted octanol–water partition coefficient (Wildman–Crippen LogP) is 2.81. The van der Waals surface area contributed by atoms with E-state index in [4.69, 9.17) is 4.74 Å². The molecule has 0 amide bonds. The Morgan fingerprint density at radius 2 is 1.94 bits per heavy atom. The Morgan fingerprint density at radius 1 is 1.35 bits per heavy atom. The summed E-state index contributed by atoms with van der Waals surface area (Å²) in [6.07, 6.45) is 0.465. The quantitative estimate of drug-likeness (QED) is 0.743. The van der Waals surface area contributed by atoms with Crippen LogP contribution in [0, 0.1) is 17.0 Å². The van der Waals surface area contributed by atoms with Crippen molar-refractivity contribution in [2.45, 2.75) is 25.7 Å². The lowest BCUT2D eigenvalue weighted by Crippen LogP contribution is -2.28. The summed E-state index contributed by atoms with van der Waals surface area (Å²) in [6.45, 7) is 3.68. The normalized spacial score (nSPS) is 25.5. The van der Waals surface area contributed by atoms with E-state index in [0.29, 0.717) is 6.42 Å². The standard InChI is InChI=1S/C13H14F2O2/c1-12(2)7-13(12,11(16)17-3)9-6-8(14)4-5-10(9)15/h4-6H,7H2,1-3H3. The molecule has 0 heterocycles. The van der Waals surface area contributed by atoms with E-state index in [2.05, 4.69) is 0 Å². The Bertz CT molecular complexity index is 482. The van der Waals surface area contributed by atoms with Crippen molar-refractivity contribution >= 4 is 5.97 Å². The van der Waals surface area contributed by atoms with E-state index in [-0.39, 0.29) is 5.56 Å². The Balaban J connectivity index is 2.57. The molecule has 1 atom stereocenters. The molecule has 92 valence electrons. The SMILES string of the molecule is COC(=O)C1(c2cc(F)ccc2F)CC1(C)C. The van der Waals surface area contributed by atoms with E-state index in [1.165, 1.54) is 7.11 Å². The second-order valence-electron chi connectivity index (χ2n) is 5.08. The van der Waals surface area contributed by atoms with Crippen LogP contribution < -0.4 is 0 Å². The maximum Gasteiger partial charge on any atom is 0.316 e. The van der Waals surface area contributed by atoms with Crippen LogP contribution in [0.3, 0.4) is 0 Å². The lowest BCUT2D eigenvalue weighted by atomic mass is 9.87. The molecule has 17 heavy (non-hydrogen) atoms. The molecule has 1 aromatic carbocycles. The smallest absolute Gasteiger partial charge is 0.316 e. The number of ether oxygens (including phenoxy) is 1. The number of hydrogen-bond acceptors (Lipinski definition) is 2. The van der Waals surface area contributed by atoms with E-state index in [0.717, 1.165) is 18.2 Å². The molecule has 2 rings (SSSR count). The molecule has 0 bridgehead atoms. The predicted molar refractivity (Wildman–Crippen MR) is 58.5 cm³/mol. The van der Waals surface area contributed by atoms with Crippen LogP contribution >= 0.6 is 0 Å². The molecule has 1 saturated carbocycles. The lowest BCUT2D eigenvalue weighted by Gasteiger charge is -2.19. The summed E-state index contributed by atoms with van der Waals surface area (Å²) in [7, 11) is 1.26. The molecule has 1 aliphatic rings. The molecule has 0 aliphatic heterocycles. The van der Waals surface area contributed by atoms with Crippen LogP contribution in [0.5, 0.6) is 0 Å². The molecule has 1 aromatic rings. The minimum Gasteiger partial charge on any atom is -0.468 e. The van der Waals surface area contributed by atoms with Gasteiger partial charge in [-0.2, -0.15) is 0 Å². The maximum atomic E-state index is 13.8. The molecule has 1 fully saturated rings. The summed E-state index contributed by atoms with van der Waals surface area (Å²) < 4.78 is 31.7. The van der Waals surface area contributed by atoms with Gasteiger partial charge in [-0.15, -0.1) is 0 Å². The van der Waals surface area contributed by atoms with Crippen LogP contribution in [-0.2, 0) is 14.9 Å². The maximum absolute atomic E-state index is 13.8. The van der Waals surface area contributed by atoms with Gasteiger partial charge in [0.25, 0.3) is 0 Å². The summed E-state index contributed by atoms with van der Waals surface area (Å²) in [6, 6.07) is 3.17. The fourth-order valence-corrected chi connectivity index (χ4v) is 2.54. The first kappa shape index (κ1) is 12.0. The molecule has 1 aliphatic carbocycles. The number of rotatable bonds is 2. The minimum absolute atomic E-state index is 0.0920. The first-order chi connectivity index (χ1) is 7.85. The van der Waals surface area contributed by atoms with Gasteiger partial charge in [0.15, 0.2) is 0 Å². The second-order valence-corrected chi connectivity index (χ2v) is 5.08. The third kappa shape index (κ3) is 1.54. The van der Waals surface area contributed by atoms with Crippen molar-refractivity contribution in [1.82, 2.24) is 0 Å². The van der Waals surface area contributed by atoms with Crippen molar-refractivity contribution < 1.29 is 18.3 Å². The number of esters is 1. The summed E-state index contributed by atoms with van der Waals surface area (Å²) >= 11 is 0. The fourth-order valence-electron chi connectivity index (χ4n) is 2.54. The van der Waals surface area contributed by atoms with Gasteiger partial charge in [0.2, 0.25) is 0 Å². The molecule has 0 saturated heterocycles. The highest BCUT2D eigenvalue weighted by Gasteiger charge is 2.69. The number of hydrogen-bond donors (Lipinski definition) is 0. The molecule has 2 nitrogen and oxygen atoms in total. The third-order valence-corrected chi connectivity index (χ3v) is 3.66. The van der Waals surface area contributed by atoms with Crippen molar-refractivity contribution in [3.05, 3.63) is 35.4 Å². The van der Waals surface area contributed by atoms with Crippen molar-refractivity contribution in [1.29, 1.82) is 0 Å². The first-order valence-electron chi connectivity index (χ1n) is 5.39. The average Bonchev–Trinajstić information content (AvgIpc) is 2.85. The van der Waals surface area contributed by atoms with Crippen molar-refractivity contribution in [2.24, 2.45) is 5.41 Å². The molecule has 0 radical (unpaired) electrons. The van der Waals surface area contributed by atoms with Crippen molar-refractivity contribution in [3.8, 4) is 0 Å². The van der Waals surface area contributed by atoms with Gasteiger partial charge in [-0.05, 0) is 30.0 Å². The third-order valence-electron chi connectivity index (χ3n) is 3.66. The van der Waals surface area contributed by atoms with E-state index in [1.807, 2.05) is 13.8 Å².